The van der Waals surface area contributed by atoms with E-state index in [0.29, 0.717) is 10.5 Å². The number of thiocarbonyl (C=S) groups is 1. The highest BCUT2D eigenvalue weighted by molar-refractivity contribution is 8.18. The third kappa shape index (κ3) is 4.04. The molecular formula is C18H14N4O3S2. The van der Waals surface area contributed by atoms with E-state index in [9.17, 15) is 14.4 Å². The topological polar surface area (TPSA) is 102 Å². The van der Waals surface area contributed by atoms with Crippen LogP contribution in [-0.2, 0) is 14.4 Å². The zero-order valence-electron chi connectivity index (χ0n) is 13.9. The summed E-state index contributed by atoms with van der Waals surface area (Å²) in [5.74, 6) is -1.33. The summed E-state index contributed by atoms with van der Waals surface area (Å²) >= 11 is 6.06. The van der Waals surface area contributed by atoms with Crippen molar-refractivity contribution < 1.29 is 14.4 Å². The van der Waals surface area contributed by atoms with Crippen molar-refractivity contribution in [3.63, 3.8) is 0 Å². The van der Waals surface area contributed by atoms with E-state index < -0.39 is 11.8 Å². The summed E-state index contributed by atoms with van der Waals surface area (Å²) in [7, 11) is 0. The predicted molar refractivity (Wildman–Crippen MR) is 109 cm³/mol. The number of carbonyl (C=O) groups is 3. The first-order valence-electron chi connectivity index (χ1n) is 7.78. The average molecular weight is 398 g/mol. The summed E-state index contributed by atoms with van der Waals surface area (Å²) < 4.78 is 0. The zero-order valence-corrected chi connectivity index (χ0v) is 15.6. The summed E-state index contributed by atoms with van der Waals surface area (Å²) in [6.45, 7) is 3.78. The highest BCUT2D eigenvalue weighted by atomic mass is 32.2. The second kappa shape index (κ2) is 7.68. The third-order valence-electron chi connectivity index (χ3n) is 3.71. The molecule has 0 bridgehead atoms. The Hall–Kier alpha value is -3.04. The van der Waals surface area contributed by atoms with Gasteiger partial charge in [-0.05, 0) is 47.3 Å². The number of rotatable bonds is 4. The Bertz CT molecular complexity index is 948. The lowest BCUT2D eigenvalue weighted by atomic mass is 10.1. The number of hydrogen-bond donors (Lipinski definition) is 3. The van der Waals surface area contributed by atoms with Crippen molar-refractivity contribution in [1.82, 2.24) is 15.5 Å². The van der Waals surface area contributed by atoms with Gasteiger partial charge in [0.25, 0.3) is 17.7 Å². The van der Waals surface area contributed by atoms with Gasteiger partial charge in [-0.25, -0.2) is 0 Å². The van der Waals surface area contributed by atoms with Gasteiger partial charge in [0.15, 0.2) is 10.3 Å². The molecule has 9 heteroatoms. The average Bonchev–Trinajstić information content (AvgIpc) is 2.94. The second-order valence-corrected chi connectivity index (χ2v) is 7.02. The summed E-state index contributed by atoms with van der Waals surface area (Å²) in [5.41, 5.74) is 1.40. The first kappa shape index (κ1) is 18.7. The molecule has 2 heterocycles. The van der Waals surface area contributed by atoms with Crippen LogP contribution in [0.1, 0.15) is 11.1 Å². The molecule has 27 heavy (non-hydrogen) atoms. The molecule has 0 aliphatic carbocycles. The molecule has 0 radical (unpaired) electrons. The van der Waals surface area contributed by atoms with Gasteiger partial charge in [-0.1, -0.05) is 30.3 Å². The van der Waals surface area contributed by atoms with Gasteiger partial charge in [-0.15, -0.1) is 6.58 Å². The van der Waals surface area contributed by atoms with Crippen molar-refractivity contribution in [2.45, 2.75) is 0 Å². The Labute approximate surface area is 164 Å². The van der Waals surface area contributed by atoms with E-state index in [0.717, 1.165) is 17.3 Å². The maximum Gasteiger partial charge on any atom is 0.265 e. The second-order valence-electron chi connectivity index (χ2n) is 5.58. The minimum atomic E-state index is -0.547. The molecule has 7 nitrogen and oxygen atoms in total. The smallest absolute Gasteiger partial charge is 0.265 e. The summed E-state index contributed by atoms with van der Waals surface area (Å²) in [5, 5.41) is 12.5. The van der Waals surface area contributed by atoms with E-state index >= 15 is 0 Å². The maximum absolute atomic E-state index is 12.5. The number of amides is 3. The van der Waals surface area contributed by atoms with Gasteiger partial charge >= 0.3 is 0 Å². The van der Waals surface area contributed by atoms with Crippen LogP contribution in [-0.4, -0.2) is 39.4 Å². The molecule has 3 rings (SSSR count). The molecule has 2 aliphatic heterocycles. The molecule has 0 saturated carbocycles. The van der Waals surface area contributed by atoms with E-state index in [4.69, 9.17) is 17.6 Å². The molecule has 136 valence electrons. The summed E-state index contributed by atoms with van der Waals surface area (Å²) in [6.07, 6.45) is 4.68. The quantitative estimate of drug-likeness (QED) is 0.310. The summed E-state index contributed by atoms with van der Waals surface area (Å²) in [6, 6.07) is 6.97. The van der Waals surface area contributed by atoms with Crippen LogP contribution < -0.4 is 10.6 Å². The van der Waals surface area contributed by atoms with E-state index in [-0.39, 0.29) is 28.3 Å². The Morgan fingerprint density at radius 1 is 1.07 bits per heavy atom. The summed E-state index contributed by atoms with van der Waals surface area (Å²) in [4.78, 5) is 37.9. The molecule has 3 amide bonds. The molecule has 0 atom stereocenters. The Balaban J connectivity index is 1.83. The van der Waals surface area contributed by atoms with Crippen LogP contribution in [0.25, 0.3) is 12.2 Å². The monoisotopic (exact) mass is 398 g/mol. The zero-order chi connectivity index (χ0) is 19.6. The van der Waals surface area contributed by atoms with Crippen LogP contribution >= 0.6 is 24.0 Å². The van der Waals surface area contributed by atoms with Crippen molar-refractivity contribution in [3.8, 4) is 0 Å². The Morgan fingerprint density at radius 3 is 2.26 bits per heavy atom. The molecule has 0 unspecified atom stereocenters. The number of benzene rings is 1. The lowest BCUT2D eigenvalue weighted by molar-refractivity contribution is -0.128. The highest BCUT2D eigenvalue weighted by Gasteiger charge is 2.32. The van der Waals surface area contributed by atoms with Crippen molar-refractivity contribution in [1.29, 1.82) is 5.41 Å². The van der Waals surface area contributed by atoms with Gasteiger partial charge in [0.2, 0.25) is 0 Å². The Morgan fingerprint density at radius 2 is 1.70 bits per heavy atom. The normalized spacial score (nSPS) is 20.3. The minimum absolute atomic E-state index is 0.0178. The lowest BCUT2D eigenvalue weighted by Gasteiger charge is -2.27. The van der Waals surface area contributed by atoms with Crippen molar-refractivity contribution in [3.05, 3.63) is 58.5 Å². The number of carbonyl (C=O) groups excluding carboxylic acids is 3. The Kier molecular flexibility index (Phi) is 5.33. The lowest BCUT2D eigenvalue weighted by Crippen LogP contribution is -2.53. The third-order valence-corrected chi connectivity index (χ3v) is 4.86. The van der Waals surface area contributed by atoms with E-state index in [1.165, 1.54) is 17.1 Å². The maximum atomic E-state index is 12.5. The van der Waals surface area contributed by atoms with E-state index in [1.54, 1.807) is 30.3 Å². The number of nitrogens with one attached hydrogen (secondary N) is 3. The van der Waals surface area contributed by atoms with Crippen molar-refractivity contribution >= 4 is 64.1 Å². The molecular weight excluding hydrogens is 384 g/mol. The van der Waals surface area contributed by atoms with E-state index in [2.05, 4.69) is 17.2 Å². The van der Waals surface area contributed by atoms with Crippen molar-refractivity contribution in [2.24, 2.45) is 0 Å². The molecule has 2 aliphatic rings. The van der Waals surface area contributed by atoms with Crippen LogP contribution in [0.2, 0.25) is 0 Å². The molecule has 2 fully saturated rings. The van der Waals surface area contributed by atoms with Gasteiger partial charge in [0.1, 0.15) is 5.57 Å². The van der Waals surface area contributed by atoms with Gasteiger partial charge in [0.05, 0.1) is 4.91 Å². The predicted octanol–water partition coefficient (Wildman–Crippen LogP) is 1.64. The highest BCUT2D eigenvalue weighted by Crippen LogP contribution is 2.25. The first-order chi connectivity index (χ1) is 12.9. The van der Waals surface area contributed by atoms with Crippen LogP contribution in [0.15, 0.2) is 47.4 Å². The number of hydrogen-bond acceptors (Lipinski definition) is 6. The molecule has 0 spiro atoms. The van der Waals surface area contributed by atoms with Gasteiger partial charge in [-0.3, -0.25) is 30.0 Å². The fourth-order valence-corrected chi connectivity index (χ4v) is 3.39. The number of nitrogens with zero attached hydrogens (tertiary/aromatic N) is 1. The molecule has 1 aromatic rings. The first-order valence-corrected chi connectivity index (χ1v) is 9.01. The number of thioether (sulfide) groups is 1. The fraction of sp³-hybridized carbons (Fsp3) is 0.0556. The largest absolute Gasteiger partial charge is 0.301 e. The minimum Gasteiger partial charge on any atom is -0.301 e. The molecule has 1 aromatic carbocycles. The molecule has 2 saturated heterocycles. The molecule has 0 aromatic heterocycles. The van der Waals surface area contributed by atoms with Gasteiger partial charge in [-0.2, -0.15) is 0 Å². The van der Waals surface area contributed by atoms with Crippen LogP contribution in [0, 0.1) is 5.41 Å². The number of amidine groups is 1. The molecule has 3 N–H and O–H groups in total. The van der Waals surface area contributed by atoms with E-state index in [1.807, 2.05) is 0 Å². The fourth-order valence-electron chi connectivity index (χ4n) is 2.44. The van der Waals surface area contributed by atoms with Gasteiger partial charge in [0, 0.05) is 6.54 Å². The van der Waals surface area contributed by atoms with Crippen LogP contribution in [0.5, 0.6) is 0 Å². The SMILES string of the molecule is C=CCN1C(=O)/C(=C/c2ccc(/C=C3\SC(=N)NC3=O)cc2)C(=O)NC1=S. The van der Waals surface area contributed by atoms with Gasteiger partial charge < -0.3 is 5.32 Å². The van der Waals surface area contributed by atoms with Crippen molar-refractivity contribution in [2.75, 3.05) is 6.54 Å². The standard InChI is InChI=1S/C18H14N4O3S2/c1-2-7-22-16(25)12(14(23)21-18(22)26)8-10-3-5-11(6-4-10)9-13-15(24)20-17(19)27-13/h2-6,8-9H,1,7H2,(H2,19,20,24)(H,21,23,26)/b12-8+,13-9-. The van der Waals surface area contributed by atoms with Crippen LogP contribution in [0.3, 0.4) is 0 Å². The van der Waals surface area contributed by atoms with Crippen LogP contribution in [0.4, 0.5) is 0 Å².